The van der Waals surface area contributed by atoms with Gasteiger partial charge >= 0.3 is 0 Å². The van der Waals surface area contributed by atoms with E-state index in [0.29, 0.717) is 12.2 Å². The second-order valence-electron chi connectivity index (χ2n) is 3.99. The molecular formula is C12H15N3O2. The molecule has 0 fully saturated rings. The van der Waals surface area contributed by atoms with Crippen LogP contribution in [0.4, 0.5) is 11.4 Å². The van der Waals surface area contributed by atoms with Gasteiger partial charge in [-0.15, -0.1) is 0 Å². The van der Waals surface area contributed by atoms with Crippen molar-refractivity contribution < 1.29 is 9.59 Å². The lowest BCUT2D eigenvalue weighted by molar-refractivity contribution is -0.116. The molecule has 0 atom stereocenters. The minimum absolute atomic E-state index is 0.0789. The molecule has 1 aromatic carbocycles. The first kappa shape index (κ1) is 13.1. The van der Waals surface area contributed by atoms with Gasteiger partial charge in [0, 0.05) is 5.69 Å². The van der Waals surface area contributed by atoms with Crippen molar-refractivity contribution in [3.05, 3.63) is 23.8 Å². The Labute approximate surface area is 100 Å². The van der Waals surface area contributed by atoms with E-state index in [4.69, 9.17) is 0 Å². The predicted octanol–water partition coefficient (Wildman–Crippen LogP) is 1.46. The van der Waals surface area contributed by atoms with Gasteiger partial charge in [-0.3, -0.25) is 4.79 Å². The van der Waals surface area contributed by atoms with Crippen LogP contribution in [0.2, 0.25) is 0 Å². The van der Waals surface area contributed by atoms with E-state index in [0.717, 1.165) is 11.3 Å². The van der Waals surface area contributed by atoms with Gasteiger partial charge in [-0.25, -0.2) is 4.79 Å². The molecule has 0 saturated carbocycles. The molecule has 0 unspecified atom stereocenters. The van der Waals surface area contributed by atoms with Crippen molar-refractivity contribution in [1.29, 1.82) is 0 Å². The molecule has 90 valence electrons. The maximum Gasteiger partial charge on any atom is 0.240 e. The lowest BCUT2D eigenvalue weighted by atomic mass is 10.2. The summed E-state index contributed by atoms with van der Waals surface area (Å²) in [7, 11) is 3.66. The second kappa shape index (κ2) is 5.94. The number of amides is 1. The molecule has 0 radical (unpaired) electrons. The minimum Gasteiger partial charge on any atom is -0.325 e. The van der Waals surface area contributed by atoms with E-state index in [9.17, 15) is 9.59 Å². The molecule has 1 aromatic rings. The van der Waals surface area contributed by atoms with E-state index in [1.807, 2.05) is 21.0 Å². The molecule has 0 saturated heterocycles. The summed E-state index contributed by atoms with van der Waals surface area (Å²) < 4.78 is 0. The van der Waals surface area contributed by atoms with Crippen LogP contribution in [0.5, 0.6) is 0 Å². The first-order chi connectivity index (χ1) is 8.02. The van der Waals surface area contributed by atoms with Gasteiger partial charge in [-0.2, -0.15) is 4.99 Å². The molecular weight excluding hydrogens is 218 g/mol. The number of nitrogens with zero attached hydrogens (tertiary/aromatic N) is 2. The highest BCUT2D eigenvalue weighted by Gasteiger charge is 2.06. The highest BCUT2D eigenvalue weighted by Crippen LogP contribution is 2.21. The van der Waals surface area contributed by atoms with Gasteiger partial charge in [0.2, 0.25) is 12.0 Å². The maximum absolute atomic E-state index is 11.5. The molecule has 5 nitrogen and oxygen atoms in total. The van der Waals surface area contributed by atoms with Gasteiger partial charge in [-0.1, -0.05) is 0 Å². The SMILES string of the molecule is Cc1cc(N=C=O)ccc1NC(=O)CN(C)C. The van der Waals surface area contributed by atoms with Crippen LogP contribution in [0.15, 0.2) is 23.2 Å². The first-order valence-corrected chi connectivity index (χ1v) is 5.16. The number of carbonyl (C=O) groups excluding carboxylic acids is 2. The number of rotatable bonds is 4. The standard InChI is InChI=1S/C12H15N3O2/c1-9-6-10(13-8-16)4-5-11(9)14-12(17)7-15(2)3/h4-6H,7H2,1-3H3,(H,14,17). The van der Waals surface area contributed by atoms with Crippen LogP contribution in [-0.2, 0) is 9.59 Å². The Kier molecular flexibility index (Phi) is 4.57. The number of nitrogens with one attached hydrogen (secondary N) is 1. The molecule has 0 aliphatic carbocycles. The molecule has 0 bridgehead atoms. The summed E-state index contributed by atoms with van der Waals surface area (Å²) in [5.41, 5.74) is 2.11. The normalized spacial score (nSPS) is 9.88. The van der Waals surface area contributed by atoms with Crippen molar-refractivity contribution in [1.82, 2.24) is 4.90 Å². The molecule has 1 amide bonds. The third-order valence-electron chi connectivity index (χ3n) is 2.12. The van der Waals surface area contributed by atoms with E-state index in [-0.39, 0.29) is 5.91 Å². The highest BCUT2D eigenvalue weighted by molar-refractivity contribution is 5.93. The number of isocyanates is 1. The molecule has 1 rings (SSSR count). The summed E-state index contributed by atoms with van der Waals surface area (Å²) in [6.07, 6.45) is 1.48. The number of aliphatic imine (C=N–C) groups is 1. The van der Waals surface area contributed by atoms with Crippen molar-refractivity contribution >= 4 is 23.4 Å². The van der Waals surface area contributed by atoms with Crippen molar-refractivity contribution in [2.75, 3.05) is 26.0 Å². The van der Waals surface area contributed by atoms with Crippen molar-refractivity contribution in [2.45, 2.75) is 6.92 Å². The van der Waals surface area contributed by atoms with Crippen LogP contribution in [0.3, 0.4) is 0 Å². The van der Waals surface area contributed by atoms with Crippen molar-refractivity contribution in [3.8, 4) is 0 Å². The van der Waals surface area contributed by atoms with Gasteiger partial charge in [-0.05, 0) is 44.8 Å². The molecule has 0 heterocycles. The summed E-state index contributed by atoms with van der Waals surface area (Å²) in [5.74, 6) is -0.0789. The number of anilines is 1. The van der Waals surface area contributed by atoms with Gasteiger partial charge in [0.25, 0.3) is 0 Å². The van der Waals surface area contributed by atoms with Crippen LogP contribution in [0, 0.1) is 6.92 Å². The lowest BCUT2D eigenvalue weighted by Crippen LogP contribution is -2.27. The van der Waals surface area contributed by atoms with E-state index in [2.05, 4.69) is 10.3 Å². The molecule has 17 heavy (non-hydrogen) atoms. The van der Waals surface area contributed by atoms with E-state index < -0.39 is 0 Å². The average molecular weight is 233 g/mol. The Hall–Kier alpha value is -1.97. The van der Waals surface area contributed by atoms with Crippen molar-refractivity contribution in [2.24, 2.45) is 4.99 Å². The maximum atomic E-state index is 11.5. The Morgan fingerprint density at radius 3 is 2.71 bits per heavy atom. The molecule has 0 spiro atoms. The van der Waals surface area contributed by atoms with Crippen LogP contribution < -0.4 is 5.32 Å². The molecule has 0 aliphatic heterocycles. The smallest absolute Gasteiger partial charge is 0.240 e. The summed E-state index contributed by atoms with van der Waals surface area (Å²) in [6, 6.07) is 5.10. The zero-order valence-electron chi connectivity index (χ0n) is 10.2. The van der Waals surface area contributed by atoms with Crippen LogP contribution in [0.25, 0.3) is 0 Å². The monoisotopic (exact) mass is 233 g/mol. The average Bonchev–Trinajstić information content (AvgIpc) is 2.21. The summed E-state index contributed by atoms with van der Waals surface area (Å²) in [4.78, 5) is 26.9. The van der Waals surface area contributed by atoms with E-state index >= 15 is 0 Å². The van der Waals surface area contributed by atoms with Gasteiger partial charge in [0.15, 0.2) is 0 Å². The predicted molar refractivity (Wildman–Crippen MR) is 66.1 cm³/mol. The number of hydrogen-bond donors (Lipinski definition) is 1. The molecule has 5 heteroatoms. The second-order valence-corrected chi connectivity index (χ2v) is 3.99. The quantitative estimate of drug-likeness (QED) is 0.632. The number of aryl methyl sites for hydroxylation is 1. The molecule has 0 aromatic heterocycles. The van der Waals surface area contributed by atoms with E-state index in [1.54, 1.807) is 23.1 Å². The fourth-order valence-corrected chi connectivity index (χ4v) is 1.39. The summed E-state index contributed by atoms with van der Waals surface area (Å²) in [5, 5.41) is 2.79. The third-order valence-corrected chi connectivity index (χ3v) is 2.12. The molecule has 0 aliphatic rings. The Morgan fingerprint density at radius 1 is 1.47 bits per heavy atom. The Balaban J connectivity index is 2.79. The van der Waals surface area contributed by atoms with Crippen molar-refractivity contribution in [3.63, 3.8) is 0 Å². The highest BCUT2D eigenvalue weighted by atomic mass is 16.2. The molecule has 1 N–H and O–H groups in total. The largest absolute Gasteiger partial charge is 0.325 e. The lowest BCUT2D eigenvalue weighted by Gasteiger charge is -2.11. The van der Waals surface area contributed by atoms with Crippen LogP contribution in [-0.4, -0.2) is 37.5 Å². The van der Waals surface area contributed by atoms with Crippen LogP contribution in [0.1, 0.15) is 5.56 Å². The Bertz CT molecular complexity index is 463. The van der Waals surface area contributed by atoms with Gasteiger partial charge in [0.05, 0.1) is 12.2 Å². The fraction of sp³-hybridized carbons (Fsp3) is 0.333. The number of likely N-dealkylation sites (N-methyl/N-ethyl adjacent to an activating group) is 1. The minimum atomic E-state index is -0.0789. The number of carbonyl (C=O) groups is 1. The fourth-order valence-electron chi connectivity index (χ4n) is 1.39. The number of benzene rings is 1. The first-order valence-electron chi connectivity index (χ1n) is 5.16. The Morgan fingerprint density at radius 2 is 2.18 bits per heavy atom. The summed E-state index contributed by atoms with van der Waals surface area (Å²) in [6.45, 7) is 2.17. The van der Waals surface area contributed by atoms with E-state index in [1.165, 1.54) is 6.08 Å². The van der Waals surface area contributed by atoms with Gasteiger partial charge in [0.1, 0.15) is 0 Å². The number of hydrogen-bond acceptors (Lipinski definition) is 4. The van der Waals surface area contributed by atoms with Gasteiger partial charge < -0.3 is 10.2 Å². The topological polar surface area (TPSA) is 61.8 Å². The van der Waals surface area contributed by atoms with Crippen LogP contribution >= 0.6 is 0 Å². The zero-order chi connectivity index (χ0) is 12.8. The third kappa shape index (κ3) is 4.18. The summed E-state index contributed by atoms with van der Waals surface area (Å²) >= 11 is 0. The zero-order valence-corrected chi connectivity index (χ0v) is 10.2.